The molecule has 0 atom stereocenters. The van der Waals surface area contributed by atoms with Gasteiger partial charge in [-0.1, -0.05) is 12.8 Å². The van der Waals surface area contributed by atoms with Crippen LogP contribution in [0.3, 0.4) is 0 Å². The predicted molar refractivity (Wildman–Crippen MR) is 87.7 cm³/mol. The van der Waals surface area contributed by atoms with Crippen LogP contribution in [0.2, 0.25) is 0 Å². The van der Waals surface area contributed by atoms with E-state index in [1.807, 2.05) is 13.8 Å². The van der Waals surface area contributed by atoms with Crippen molar-refractivity contribution in [2.24, 2.45) is 0 Å². The summed E-state index contributed by atoms with van der Waals surface area (Å²) in [5, 5.41) is 6.33. The molecule has 0 spiro atoms. The Morgan fingerprint density at radius 3 is 2.43 bits per heavy atom. The van der Waals surface area contributed by atoms with Gasteiger partial charge < -0.3 is 10.1 Å². The van der Waals surface area contributed by atoms with Crippen LogP contribution < -0.4 is 15.4 Å². The van der Waals surface area contributed by atoms with Crippen LogP contribution in [0.4, 0.5) is 0 Å². The summed E-state index contributed by atoms with van der Waals surface area (Å²) in [6.07, 6.45) is 4.82. The molecular weight excluding hydrogens is 284 g/mol. The molecule has 1 aromatic carbocycles. The molecule has 0 saturated heterocycles. The van der Waals surface area contributed by atoms with Crippen LogP contribution in [0.15, 0.2) is 24.3 Å². The molecule has 2 N–H and O–H groups in total. The quantitative estimate of drug-likeness (QED) is 0.840. The lowest BCUT2D eigenvalue weighted by atomic mass is 10.2. The third-order valence-electron chi connectivity index (χ3n) is 3.41. The molecule has 21 heavy (non-hydrogen) atoms. The van der Waals surface area contributed by atoms with E-state index >= 15 is 0 Å². The number of benzene rings is 1. The zero-order chi connectivity index (χ0) is 15.2. The van der Waals surface area contributed by atoms with Gasteiger partial charge in [-0.05, 0) is 63.2 Å². The van der Waals surface area contributed by atoms with Gasteiger partial charge in [0.1, 0.15) is 5.75 Å². The maximum absolute atomic E-state index is 12.1. The molecule has 0 heterocycles. The van der Waals surface area contributed by atoms with E-state index in [4.69, 9.17) is 17.0 Å². The van der Waals surface area contributed by atoms with Gasteiger partial charge in [-0.3, -0.25) is 10.1 Å². The number of nitrogens with one attached hydrogen (secondary N) is 2. The lowest BCUT2D eigenvalue weighted by Crippen LogP contribution is -2.43. The number of amides is 1. The fourth-order valence-electron chi connectivity index (χ4n) is 2.42. The average Bonchev–Trinajstić information content (AvgIpc) is 2.91. The largest absolute Gasteiger partial charge is 0.491 e. The van der Waals surface area contributed by atoms with Crippen LogP contribution in [-0.2, 0) is 0 Å². The molecule has 0 aliphatic heterocycles. The second-order valence-corrected chi connectivity index (χ2v) is 6.01. The smallest absolute Gasteiger partial charge is 0.257 e. The Hall–Kier alpha value is -1.62. The van der Waals surface area contributed by atoms with Gasteiger partial charge in [-0.15, -0.1) is 0 Å². The van der Waals surface area contributed by atoms with Gasteiger partial charge >= 0.3 is 0 Å². The monoisotopic (exact) mass is 306 g/mol. The summed E-state index contributed by atoms with van der Waals surface area (Å²) in [4.78, 5) is 12.1. The second kappa shape index (κ2) is 7.41. The average molecular weight is 306 g/mol. The predicted octanol–water partition coefficient (Wildman–Crippen LogP) is 3.02. The van der Waals surface area contributed by atoms with E-state index in [9.17, 15) is 4.79 Å². The molecule has 0 bridgehead atoms. The highest BCUT2D eigenvalue weighted by atomic mass is 32.1. The minimum Gasteiger partial charge on any atom is -0.491 e. The summed E-state index contributed by atoms with van der Waals surface area (Å²) in [6, 6.07) is 7.47. The number of ether oxygens (including phenoxy) is 1. The minimum absolute atomic E-state index is 0.118. The van der Waals surface area contributed by atoms with Gasteiger partial charge in [0.05, 0.1) is 6.10 Å². The maximum Gasteiger partial charge on any atom is 0.257 e. The summed E-state index contributed by atoms with van der Waals surface area (Å²) < 4.78 is 5.55. The minimum atomic E-state index is -0.193. The van der Waals surface area contributed by atoms with Gasteiger partial charge in [0.2, 0.25) is 0 Å². The summed E-state index contributed by atoms with van der Waals surface area (Å²) in [6.45, 7) is 3.93. The molecule has 0 radical (unpaired) electrons. The van der Waals surface area contributed by atoms with Gasteiger partial charge in [-0.25, -0.2) is 0 Å². The summed E-state index contributed by atoms with van der Waals surface area (Å²) in [7, 11) is 0. The Morgan fingerprint density at radius 1 is 1.24 bits per heavy atom. The van der Waals surface area contributed by atoms with Crippen molar-refractivity contribution in [3.05, 3.63) is 29.8 Å². The lowest BCUT2D eigenvalue weighted by Gasteiger charge is -2.15. The molecule has 4 nitrogen and oxygen atoms in total. The molecule has 1 fully saturated rings. The van der Waals surface area contributed by atoms with Crippen molar-refractivity contribution in [2.75, 3.05) is 0 Å². The summed E-state index contributed by atoms with van der Waals surface area (Å²) >= 11 is 5.18. The fraction of sp³-hybridized carbons (Fsp3) is 0.500. The van der Waals surface area contributed by atoms with E-state index in [2.05, 4.69) is 10.6 Å². The van der Waals surface area contributed by atoms with Crippen molar-refractivity contribution in [2.45, 2.75) is 51.7 Å². The summed E-state index contributed by atoms with van der Waals surface area (Å²) in [5.41, 5.74) is 0.571. The number of carbonyl (C=O) groups excluding carboxylic acids is 1. The third-order valence-corrected chi connectivity index (χ3v) is 3.63. The van der Waals surface area contributed by atoms with E-state index in [0.29, 0.717) is 16.7 Å². The molecule has 0 aromatic heterocycles. The Labute approximate surface area is 131 Å². The Kier molecular flexibility index (Phi) is 5.56. The molecule has 1 aliphatic rings. The van der Waals surface area contributed by atoms with Crippen LogP contribution in [0, 0.1) is 0 Å². The van der Waals surface area contributed by atoms with Crippen LogP contribution >= 0.6 is 12.2 Å². The highest BCUT2D eigenvalue weighted by Gasteiger charge is 2.16. The molecule has 2 rings (SSSR count). The number of rotatable bonds is 4. The Morgan fingerprint density at radius 2 is 1.86 bits per heavy atom. The Bertz CT molecular complexity index is 494. The van der Waals surface area contributed by atoms with E-state index in [-0.39, 0.29) is 12.0 Å². The van der Waals surface area contributed by atoms with E-state index in [0.717, 1.165) is 18.6 Å². The number of hydrogen-bond donors (Lipinski definition) is 2. The van der Waals surface area contributed by atoms with Gasteiger partial charge in [0.25, 0.3) is 5.91 Å². The van der Waals surface area contributed by atoms with Crippen molar-refractivity contribution in [1.82, 2.24) is 10.6 Å². The standard InChI is InChI=1S/C16H22N2O2S/c1-11(2)20-14-9-7-12(8-10-14)15(19)18-16(21)17-13-5-3-4-6-13/h7-11,13H,3-6H2,1-2H3,(H2,17,18,19,21). The van der Waals surface area contributed by atoms with Crippen LogP contribution in [0.1, 0.15) is 49.9 Å². The van der Waals surface area contributed by atoms with Crippen LogP contribution in [-0.4, -0.2) is 23.2 Å². The highest BCUT2D eigenvalue weighted by molar-refractivity contribution is 7.80. The van der Waals surface area contributed by atoms with Crippen molar-refractivity contribution >= 4 is 23.2 Å². The van der Waals surface area contributed by atoms with Crippen molar-refractivity contribution in [1.29, 1.82) is 0 Å². The number of hydrogen-bond acceptors (Lipinski definition) is 3. The van der Waals surface area contributed by atoms with Crippen molar-refractivity contribution in [3.63, 3.8) is 0 Å². The zero-order valence-electron chi connectivity index (χ0n) is 12.5. The third kappa shape index (κ3) is 5.01. The first-order chi connectivity index (χ1) is 10.0. The highest BCUT2D eigenvalue weighted by Crippen LogP contribution is 2.17. The van der Waals surface area contributed by atoms with Gasteiger partial charge in [-0.2, -0.15) is 0 Å². The maximum atomic E-state index is 12.1. The van der Waals surface area contributed by atoms with Crippen LogP contribution in [0.25, 0.3) is 0 Å². The molecule has 1 aromatic rings. The first-order valence-electron chi connectivity index (χ1n) is 7.43. The van der Waals surface area contributed by atoms with E-state index in [1.165, 1.54) is 12.8 Å². The molecule has 1 saturated carbocycles. The first kappa shape index (κ1) is 15.8. The van der Waals surface area contributed by atoms with Gasteiger partial charge in [0, 0.05) is 11.6 Å². The molecule has 5 heteroatoms. The Balaban J connectivity index is 1.85. The lowest BCUT2D eigenvalue weighted by molar-refractivity contribution is 0.0976. The second-order valence-electron chi connectivity index (χ2n) is 5.60. The molecule has 1 aliphatic carbocycles. The molecular formula is C16H22N2O2S. The number of carbonyl (C=O) groups is 1. The first-order valence-corrected chi connectivity index (χ1v) is 7.84. The van der Waals surface area contributed by atoms with Crippen molar-refractivity contribution < 1.29 is 9.53 Å². The van der Waals surface area contributed by atoms with E-state index in [1.54, 1.807) is 24.3 Å². The normalized spacial score (nSPS) is 15.0. The molecule has 0 unspecified atom stereocenters. The number of thiocarbonyl (C=S) groups is 1. The van der Waals surface area contributed by atoms with Crippen molar-refractivity contribution in [3.8, 4) is 5.75 Å². The fourth-order valence-corrected chi connectivity index (χ4v) is 2.68. The van der Waals surface area contributed by atoms with E-state index < -0.39 is 0 Å². The van der Waals surface area contributed by atoms with Gasteiger partial charge in [0.15, 0.2) is 5.11 Å². The topological polar surface area (TPSA) is 50.4 Å². The SMILES string of the molecule is CC(C)Oc1ccc(C(=O)NC(=S)NC2CCCC2)cc1. The summed E-state index contributed by atoms with van der Waals surface area (Å²) in [5.74, 6) is 0.565. The molecule has 1 amide bonds. The van der Waals surface area contributed by atoms with Crippen LogP contribution in [0.5, 0.6) is 5.75 Å². The zero-order valence-corrected chi connectivity index (χ0v) is 13.3. The molecule has 114 valence electrons.